The van der Waals surface area contributed by atoms with Crippen LogP contribution in [0.4, 0.5) is 4.39 Å². The average molecular weight is 262 g/mol. The molecule has 104 valence electrons. The fourth-order valence-corrected chi connectivity index (χ4v) is 2.37. The van der Waals surface area contributed by atoms with Gasteiger partial charge in [-0.15, -0.1) is 0 Å². The summed E-state index contributed by atoms with van der Waals surface area (Å²) in [6.45, 7) is 8.11. The summed E-state index contributed by atoms with van der Waals surface area (Å²) in [6.07, 6.45) is 4.67. The lowest BCUT2D eigenvalue weighted by Crippen LogP contribution is -2.25. The molecule has 0 radical (unpaired) electrons. The number of rotatable bonds is 6. The summed E-state index contributed by atoms with van der Waals surface area (Å²) in [6, 6.07) is 6.71. The van der Waals surface area contributed by atoms with Crippen LogP contribution in [-0.2, 0) is 10.2 Å². The van der Waals surface area contributed by atoms with Crippen LogP contribution in [0.25, 0.3) is 0 Å². The van der Waals surface area contributed by atoms with Crippen LogP contribution in [0.1, 0.15) is 46.1 Å². The summed E-state index contributed by atoms with van der Waals surface area (Å²) in [4.78, 5) is 10.9. The van der Waals surface area contributed by atoms with Crippen molar-refractivity contribution in [1.82, 2.24) is 0 Å². The Hall–Kier alpha value is -1.44. The number of halogens is 1. The maximum absolute atomic E-state index is 13.4. The van der Waals surface area contributed by atoms with Gasteiger partial charge in [0.15, 0.2) is 0 Å². The molecule has 0 bridgehead atoms. The molecule has 0 N–H and O–H groups in total. The topological polar surface area (TPSA) is 17.1 Å². The zero-order valence-corrected chi connectivity index (χ0v) is 12.2. The maximum atomic E-state index is 13.4. The molecule has 2 atom stereocenters. The molecule has 1 aromatic carbocycles. The molecule has 2 unspecified atom stereocenters. The van der Waals surface area contributed by atoms with E-state index >= 15 is 0 Å². The molecule has 0 heterocycles. The highest BCUT2D eigenvalue weighted by Gasteiger charge is 2.28. The monoisotopic (exact) mass is 262 g/mol. The third kappa shape index (κ3) is 4.62. The summed E-state index contributed by atoms with van der Waals surface area (Å²) in [5.74, 6) is -0.251. The second kappa shape index (κ2) is 6.65. The van der Waals surface area contributed by atoms with Crippen LogP contribution >= 0.6 is 0 Å². The number of allylic oxidation sites excluding steroid dienone is 2. The summed E-state index contributed by atoms with van der Waals surface area (Å²) < 4.78 is 13.4. The van der Waals surface area contributed by atoms with Gasteiger partial charge in [0.2, 0.25) is 0 Å². The van der Waals surface area contributed by atoms with Crippen molar-refractivity contribution in [2.24, 2.45) is 5.92 Å². The zero-order chi connectivity index (χ0) is 14.5. The van der Waals surface area contributed by atoms with Crippen molar-refractivity contribution in [3.63, 3.8) is 0 Å². The zero-order valence-electron chi connectivity index (χ0n) is 12.2. The molecule has 1 rings (SSSR count). The van der Waals surface area contributed by atoms with Crippen LogP contribution in [0, 0.1) is 11.7 Å². The van der Waals surface area contributed by atoms with E-state index in [1.54, 1.807) is 12.1 Å². The molecule has 0 spiro atoms. The Morgan fingerprint density at radius 3 is 2.63 bits per heavy atom. The normalized spacial score (nSPS) is 15.4. The molecular weight excluding hydrogens is 239 g/mol. The maximum Gasteiger partial charge on any atom is 0.123 e. The van der Waals surface area contributed by atoms with E-state index in [-0.39, 0.29) is 17.2 Å². The molecule has 1 aromatic rings. The van der Waals surface area contributed by atoms with E-state index in [1.807, 2.05) is 13.0 Å². The smallest absolute Gasteiger partial charge is 0.123 e. The van der Waals surface area contributed by atoms with E-state index in [2.05, 4.69) is 26.8 Å². The largest absolute Gasteiger partial charge is 0.303 e. The van der Waals surface area contributed by atoms with Crippen LogP contribution in [-0.4, -0.2) is 6.29 Å². The molecular formula is C17H23FO. The Bertz CT molecular complexity index is 460. The van der Waals surface area contributed by atoms with Crippen LogP contribution < -0.4 is 0 Å². The minimum absolute atomic E-state index is 0.0289. The van der Waals surface area contributed by atoms with Crippen molar-refractivity contribution >= 4 is 6.29 Å². The second-order valence-electron chi connectivity index (χ2n) is 5.87. The van der Waals surface area contributed by atoms with Gasteiger partial charge in [-0.05, 0) is 49.8 Å². The quantitative estimate of drug-likeness (QED) is 0.538. The summed E-state index contributed by atoms with van der Waals surface area (Å²) >= 11 is 0. The van der Waals surface area contributed by atoms with Gasteiger partial charge in [-0.3, -0.25) is 0 Å². The molecule has 0 fully saturated rings. The highest BCUT2D eigenvalue weighted by Crippen LogP contribution is 2.35. The van der Waals surface area contributed by atoms with Gasteiger partial charge in [0.25, 0.3) is 0 Å². The molecule has 0 aliphatic heterocycles. The number of carbonyl (C=O) groups is 1. The van der Waals surface area contributed by atoms with E-state index in [1.165, 1.54) is 11.6 Å². The predicted molar refractivity (Wildman–Crippen MR) is 77.6 cm³/mol. The van der Waals surface area contributed by atoms with Crippen LogP contribution in [0.15, 0.2) is 35.9 Å². The highest BCUT2D eigenvalue weighted by molar-refractivity contribution is 5.53. The van der Waals surface area contributed by atoms with Gasteiger partial charge in [-0.25, -0.2) is 4.39 Å². The van der Waals surface area contributed by atoms with E-state index in [4.69, 9.17) is 0 Å². The molecule has 0 aromatic heterocycles. The summed E-state index contributed by atoms with van der Waals surface area (Å²) in [7, 11) is 0. The first-order chi connectivity index (χ1) is 8.87. The molecule has 19 heavy (non-hydrogen) atoms. The summed E-state index contributed by atoms with van der Waals surface area (Å²) in [5, 5.41) is 0. The molecule has 0 saturated heterocycles. The summed E-state index contributed by atoms with van der Waals surface area (Å²) in [5.41, 5.74) is 1.99. The number of aldehydes is 1. The van der Waals surface area contributed by atoms with Gasteiger partial charge >= 0.3 is 0 Å². The van der Waals surface area contributed by atoms with Gasteiger partial charge in [0, 0.05) is 5.92 Å². The Balaban J connectivity index is 3.10. The Morgan fingerprint density at radius 1 is 1.42 bits per heavy atom. The lowest BCUT2D eigenvalue weighted by Gasteiger charge is -2.31. The lowest BCUT2D eigenvalue weighted by molar-refractivity contribution is -0.111. The molecule has 2 heteroatoms. The van der Waals surface area contributed by atoms with Gasteiger partial charge in [0.1, 0.15) is 12.1 Å². The Labute approximate surface area is 115 Å². The average Bonchev–Trinajstić information content (AvgIpc) is 2.36. The van der Waals surface area contributed by atoms with Gasteiger partial charge in [0.05, 0.1) is 0 Å². The number of benzene rings is 1. The minimum atomic E-state index is -0.223. The fourth-order valence-electron chi connectivity index (χ4n) is 2.37. The van der Waals surface area contributed by atoms with Crippen LogP contribution in [0.3, 0.4) is 0 Å². The van der Waals surface area contributed by atoms with Crippen molar-refractivity contribution in [2.45, 2.75) is 46.0 Å². The number of carbonyl (C=O) groups excluding carboxylic acids is 1. The van der Waals surface area contributed by atoms with Crippen LogP contribution in [0.5, 0.6) is 0 Å². The fraction of sp³-hybridized carbons (Fsp3) is 0.471. The number of hydrogen-bond acceptors (Lipinski definition) is 1. The van der Waals surface area contributed by atoms with Crippen molar-refractivity contribution < 1.29 is 9.18 Å². The highest BCUT2D eigenvalue weighted by atomic mass is 19.1. The first-order valence-corrected chi connectivity index (χ1v) is 6.72. The second-order valence-corrected chi connectivity index (χ2v) is 5.87. The first kappa shape index (κ1) is 15.6. The minimum Gasteiger partial charge on any atom is -0.303 e. The Morgan fingerprint density at radius 2 is 2.11 bits per heavy atom. The number of hydrogen-bond donors (Lipinski definition) is 0. The Kier molecular flexibility index (Phi) is 5.46. The molecule has 0 saturated carbocycles. The molecule has 1 nitrogen and oxygen atoms in total. The van der Waals surface area contributed by atoms with Gasteiger partial charge < -0.3 is 4.79 Å². The standard InChI is InChI=1S/C17H23FO/c1-13(2)8-9-17(4,11-14(3)12-19)15-6-5-7-16(18)10-15/h5-8,10,12,14H,9,11H2,1-4H3. The third-order valence-electron chi connectivity index (χ3n) is 3.49. The molecule has 0 amide bonds. The third-order valence-corrected chi connectivity index (χ3v) is 3.49. The van der Waals surface area contributed by atoms with Crippen LogP contribution in [0.2, 0.25) is 0 Å². The van der Waals surface area contributed by atoms with Crippen molar-refractivity contribution in [3.8, 4) is 0 Å². The van der Waals surface area contributed by atoms with E-state index in [0.29, 0.717) is 0 Å². The van der Waals surface area contributed by atoms with Gasteiger partial charge in [-0.1, -0.05) is 37.6 Å². The predicted octanol–water partition coefficient (Wildman–Crippen LogP) is 4.66. The van der Waals surface area contributed by atoms with E-state index < -0.39 is 0 Å². The molecule has 0 aliphatic rings. The lowest BCUT2D eigenvalue weighted by atomic mass is 9.73. The SMILES string of the molecule is CC(C)=CCC(C)(CC(C)C=O)c1cccc(F)c1. The van der Waals surface area contributed by atoms with E-state index in [9.17, 15) is 9.18 Å². The first-order valence-electron chi connectivity index (χ1n) is 6.72. The molecule has 0 aliphatic carbocycles. The van der Waals surface area contributed by atoms with Crippen molar-refractivity contribution in [3.05, 3.63) is 47.3 Å². The van der Waals surface area contributed by atoms with Crippen molar-refractivity contribution in [2.75, 3.05) is 0 Å². The van der Waals surface area contributed by atoms with Gasteiger partial charge in [-0.2, -0.15) is 0 Å². The van der Waals surface area contributed by atoms with Crippen molar-refractivity contribution in [1.29, 1.82) is 0 Å². The van der Waals surface area contributed by atoms with E-state index in [0.717, 1.165) is 24.7 Å².